The van der Waals surface area contributed by atoms with Gasteiger partial charge in [-0.25, -0.2) is 0 Å². The molecule has 1 aromatic rings. The molecule has 0 unspecified atom stereocenters. The number of piperidine rings is 1. The Hall–Kier alpha value is -0.980. The highest BCUT2D eigenvalue weighted by molar-refractivity contribution is 4.97. The number of rotatable bonds is 7. The lowest BCUT2D eigenvalue weighted by atomic mass is 10.1. The Morgan fingerprint density at radius 2 is 1.96 bits per heavy atom. The monoisotopic (exact) mass is 336 g/mol. The van der Waals surface area contributed by atoms with E-state index in [4.69, 9.17) is 9.26 Å². The summed E-state index contributed by atoms with van der Waals surface area (Å²) in [5, 5.41) is 4.08. The summed E-state index contributed by atoms with van der Waals surface area (Å²) in [5.41, 5.74) is 0. The van der Waals surface area contributed by atoms with Crippen LogP contribution in [0.2, 0.25) is 0 Å². The Labute approximate surface area is 145 Å². The highest BCUT2D eigenvalue weighted by Gasteiger charge is 2.30. The summed E-state index contributed by atoms with van der Waals surface area (Å²) in [6.07, 6.45) is 5.51. The molecule has 24 heavy (non-hydrogen) atoms. The van der Waals surface area contributed by atoms with Gasteiger partial charge in [0.05, 0.1) is 18.8 Å². The van der Waals surface area contributed by atoms with Crippen molar-refractivity contribution in [2.75, 3.05) is 39.3 Å². The topological polar surface area (TPSA) is 54.6 Å². The number of hydrogen-bond donors (Lipinski definition) is 0. The van der Waals surface area contributed by atoms with E-state index in [9.17, 15) is 0 Å². The van der Waals surface area contributed by atoms with Crippen LogP contribution >= 0.6 is 0 Å². The van der Waals surface area contributed by atoms with Crippen LogP contribution in [0.5, 0.6) is 0 Å². The van der Waals surface area contributed by atoms with Crippen LogP contribution < -0.4 is 0 Å². The Morgan fingerprint density at radius 1 is 1.17 bits per heavy atom. The largest absolute Gasteiger partial charge is 0.376 e. The average molecular weight is 336 g/mol. The van der Waals surface area contributed by atoms with Crippen molar-refractivity contribution in [3.63, 3.8) is 0 Å². The Bertz CT molecular complexity index is 499. The first-order valence-electron chi connectivity index (χ1n) is 9.55. The second-order valence-electron chi connectivity index (χ2n) is 7.50. The number of aromatic nitrogens is 2. The van der Waals surface area contributed by atoms with Gasteiger partial charge in [-0.05, 0) is 39.3 Å². The third-order valence-electron chi connectivity index (χ3n) is 5.27. The molecule has 3 rings (SSSR count). The highest BCUT2D eigenvalue weighted by Crippen LogP contribution is 2.25. The minimum Gasteiger partial charge on any atom is -0.376 e. The average Bonchev–Trinajstić information content (AvgIpc) is 3.25. The van der Waals surface area contributed by atoms with Crippen molar-refractivity contribution in [3.8, 4) is 0 Å². The van der Waals surface area contributed by atoms with Crippen LogP contribution in [0.1, 0.15) is 70.1 Å². The molecule has 0 spiro atoms. The van der Waals surface area contributed by atoms with Crippen molar-refractivity contribution in [3.05, 3.63) is 11.7 Å². The molecular formula is C18H32N4O2. The van der Waals surface area contributed by atoms with E-state index in [0.717, 1.165) is 44.4 Å². The molecule has 0 saturated carbocycles. The first kappa shape index (κ1) is 17.8. The minimum absolute atomic E-state index is 0.167. The normalized spacial score (nSPS) is 24.8. The van der Waals surface area contributed by atoms with Gasteiger partial charge < -0.3 is 14.2 Å². The summed E-state index contributed by atoms with van der Waals surface area (Å²) in [7, 11) is 0. The van der Waals surface area contributed by atoms with Gasteiger partial charge in [-0.15, -0.1) is 0 Å². The SMILES string of the molecule is CC(C)c1noc([C@@H](C)N2CC[C@@H](OCCN3CCCCC3)C2)n1. The molecular weight excluding hydrogens is 304 g/mol. The smallest absolute Gasteiger partial charge is 0.243 e. The van der Waals surface area contributed by atoms with Crippen molar-refractivity contribution in [2.45, 2.75) is 64.5 Å². The maximum absolute atomic E-state index is 6.12. The van der Waals surface area contributed by atoms with E-state index in [-0.39, 0.29) is 6.04 Å². The standard InChI is InChI=1S/C18H32N4O2/c1-14(2)17-19-18(24-20-17)15(3)22-10-7-16(13-22)23-12-11-21-8-5-4-6-9-21/h14-16H,4-13H2,1-3H3/t15-,16-/m1/s1. The second-order valence-corrected chi connectivity index (χ2v) is 7.50. The Balaban J connectivity index is 1.40. The zero-order valence-electron chi connectivity index (χ0n) is 15.4. The molecule has 0 amide bonds. The van der Waals surface area contributed by atoms with Gasteiger partial charge in [-0.2, -0.15) is 4.98 Å². The number of nitrogens with zero attached hydrogens (tertiary/aromatic N) is 4. The summed E-state index contributed by atoms with van der Waals surface area (Å²) in [6, 6.07) is 0.167. The molecule has 0 radical (unpaired) electrons. The summed E-state index contributed by atoms with van der Waals surface area (Å²) >= 11 is 0. The van der Waals surface area contributed by atoms with Crippen LogP contribution in [0, 0.1) is 0 Å². The van der Waals surface area contributed by atoms with Gasteiger partial charge in [0.25, 0.3) is 0 Å². The molecule has 2 aliphatic rings. The van der Waals surface area contributed by atoms with Gasteiger partial charge in [0.2, 0.25) is 5.89 Å². The van der Waals surface area contributed by atoms with Crippen molar-refractivity contribution in [2.24, 2.45) is 0 Å². The molecule has 2 fully saturated rings. The van der Waals surface area contributed by atoms with Gasteiger partial charge in [0.15, 0.2) is 5.82 Å². The molecule has 2 aliphatic heterocycles. The summed E-state index contributed by atoms with van der Waals surface area (Å²) < 4.78 is 11.6. The van der Waals surface area contributed by atoms with E-state index in [1.807, 2.05) is 0 Å². The minimum atomic E-state index is 0.167. The Morgan fingerprint density at radius 3 is 2.67 bits per heavy atom. The van der Waals surface area contributed by atoms with Gasteiger partial charge in [0, 0.05) is 25.6 Å². The predicted octanol–water partition coefficient (Wildman–Crippen LogP) is 2.83. The molecule has 6 nitrogen and oxygen atoms in total. The van der Waals surface area contributed by atoms with Crippen LogP contribution in [0.3, 0.4) is 0 Å². The predicted molar refractivity (Wildman–Crippen MR) is 93.0 cm³/mol. The van der Waals surface area contributed by atoms with Crippen LogP contribution in [-0.2, 0) is 4.74 Å². The van der Waals surface area contributed by atoms with Gasteiger partial charge in [0.1, 0.15) is 0 Å². The third-order valence-corrected chi connectivity index (χ3v) is 5.27. The molecule has 136 valence electrons. The van der Waals surface area contributed by atoms with E-state index < -0.39 is 0 Å². The van der Waals surface area contributed by atoms with Gasteiger partial charge >= 0.3 is 0 Å². The molecule has 1 aromatic heterocycles. The van der Waals surface area contributed by atoms with Gasteiger partial charge in [-0.1, -0.05) is 25.4 Å². The first-order valence-corrected chi connectivity index (χ1v) is 9.55. The van der Waals surface area contributed by atoms with E-state index >= 15 is 0 Å². The molecule has 0 bridgehead atoms. The molecule has 0 N–H and O–H groups in total. The van der Waals surface area contributed by atoms with E-state index in [1.165, 1.54) is 32.4 Å². The van der Waals surface area contributed by atoms with Crippen LogP contribution in [0.15, 0.2) is 4.52 Å². The zero-order valence-corrected chi connectivity index (χ0v) is 15.4. The number of hydrogen-bond acceptors (Lipinski definition) is 6. The van der Waals surface area contributed by atoms with Crippen molar-refractivity contribution in [1.29, 1.82) is 0 Å². The second kappa shape index (κ2) is 8.41. The summed E-state index contributed by atoms with van der Waals surface area (Å²) in [4.78, 5) is 9.46. The van der Waals surface area contributed by atoms with Crippen molar-refractivity contribution in [1.82, 2.24) is 19.9 Å². The first-order chi connectivity index (χ1) is 11.6. The van der Waals surface area contributed by atoms with Crippen LogP contribution in [0.25, 0.3) is 0 Å². The fraction of sp³-hybridized carbons (Fsp3) is 0.889. The number of ether oxygens (including phenoxy) is 1. The summed E-state index contributed by atoms with van der Waals surface area (Å²) in [6.45, 7) is 12.7. The van der Waals surface area contributed by atoms with Crippen LogP contribution in [0.4, 0.5) is 0 Å². The lowest BCUT2D eigenvalue weighted by Gasteiger charge is -2.27. The zero-order chi connectivity index (χ0) is 16.9. The molecule has 2 atom stereocenters. The number of likely N-dealkylation sites (tertiary alicyclic amines) is 2. The molecule has 0 aromatic carbocycles. The fourth-order valence-corrected chi connectivity index (χ4v) is 3.58. The van der Waals surface area contributed by atoms with Gasteiger partial charge in [-0.3, -0.25) is 4.90 Å². The highest BCUT2D eigenvalue weighted by atomic mass is 16.5. The summed E-state index contributed by atoms with van der Waals surface area (Å²) in [5.74, 6) is 1.83. The van der Waals surface area contributed by atoms with E-state index in [1.54, 1.807) is 0 Å². The van der Waals surface area contributed by atoms with Crippen molar-refractivity contribution < 1.29 is 9.26 Å². The molecule has 6 heteroatoms. The van der Waals surface area contributed by atoms with E-state index in [0.29, 0.717) is 12.0 Å². The maximum atomic E-state index is 6.12. The third kappa shape index (κ3) is 4.55. The lowest BCUT2D eigenvalue weighted by Crippen LogP contribution is -2.34. The Kier molecular flexibility index (Phi) is 6.25. The quantitative estimate of drug-likeness (QED) is 0.763. The fourth-order valence-electron chi connectivity index (χ4n) is 3.58. The van der Waals surface area contributed by atoms with Crippen LogP contribution in [-0.4, -0.2) is 65.4 Å². The van der Waals surface area contributed by atoms with Crippen molar-refractivity contribution >= 4 is 0 Å². The molecule has 0 aliphatic carbocycles. The molecule has 2 saturated heterocycles. The maximum Gasteiger partial charge on any atom is 0.243 e. The lowest BCUT2D eigenvalue weighted by molar-refractivity contribution is 0.0362. The van der Waals surface area contributed by atoms with E-state index in [2.05, 4.69) is 40.7 Å². The molecule has 3 heterocycles.